The van der Waals surface area contributed by atoms with E-state index in [1.54, 1.807) is 12.1 Å². The van der Waals surface area contributed by atoms with Crippen LogP contribution in [0.4, 0.5) is 22.0 Å². The molecule has 8 heteroatoms. The minimum Gasteiger partial charge on any atom is -0.464 e. The minimum absolute atomic E-state index is 0.0806. The third kappa shape index (κ3) is 5.46. The molecule has 2 nitrogen and oxygen atoms in total. The number of thioether (sulfide) groups is 1. The van der Waals surface area contributed by atoms with Crippen LogP contribution in [-0.2, 0) is 12.3 Å². The lowest BCUT2D eigenvalue weighted by Crippen LogP contribution is -2.38. The number of halogens is 5. The van der Waals surface area contributed by atoms with Gasteiger partial charge in [0.1, 0.15) is 11.5 Å². The maximum atomic E-state index is 12.7. The van der Waals surface area contributed by atoms with Crippen molar-refractivity contribution in [3.8, 4) is 0 Å². The van der Waals surface area contributed by atoms with Gasteiger partial charge in [-0.15, -0.1) is 0 Å². The average Bonchev–Trinajstić information content (AvgIpc) is 2.90. The third-order valence-corrected chi connectivity index (χ3v) is 4.47. The van der Waals surface area contributed by atoms with E-state index in [0.717, 1.165) is 0 Å². The monoisotopic (exact) mass is 343 g/mol. The molecule has 0 aromatic carbocycles. The smallest absolute Gasteiger partial charge is 0.391 e. The molecule has 0 amide bonds. The fourth-order valence-corrected chi connectivity index (χ4v) is 3.10. The molecule has 1 saturated carbocycles. The Morgan fingerprint density at radius 1 is 1.23 bits per heavy atom. The van der Waals surface area contributed by atoms with Gasteiger partial charge in [0.05, 0.1) is 18.2 Å². The standard InChI is InChI=1S/C14H18F5NOS/c15-13(16)22-8-12-5-4-11(21-12)7-20-10-3-1-2-9(6-10)14(17,18)19/h4-5,9-10,13,20H,1-3,6-8H2. The predicted octanol–water partition coefficient (Wildman–Crippen LogP) is 4.95. The van der Waals surface area contributed by atoms with E-state index in [9.17, 15) is 22.0 Å². The van der Waals surface area contributed by atoms with Gasteiger partial charge in [0.15, 0.2) is 0 Å². The lowest BCUT2D eigenvalue weighted by molar-refractivity contribution is -0.183. The molecular weight excluding hydrogens is 325 g/mol. The quantitative estimate of drug-likeness (QED) is 0.740. The molecule has 1 heterocycles. The Hall–Kier alpha value is -0.760. The number of hydrogen-bond acceptors (Lipinski definition) is 3. The second-order valence-electron chi connectivity index (χ2n) is 5.42. The molecular formula is C14H18F5NOS. The Morgan fingerprint density at radius 3 is 2.64 bits per heavy atom. The van der Waals surface area contributed by atoms with Crippen molar-refractivity contribution in [2.75, 3.05) is 0 Å². The Kier molecular flexibility index (Phi) is 6.14. The molecule has 1 aromatic rings. The Bertz CT molecular complexity index is 462. The largest absolute Gasteiger partial charge is 0.464 e. The zero-order chi connectivity index (χ0) is 16.2. The van der Waals surface area contributed by atoms with Crippen LogP contribution in [-0.4, -0.2) is 18.0 Å². The molecule has 0 spiro atoms. The van der Waals surface area contributed by atoms with Crippen LogP contribution in [0.1, 0.15) is 37.2 Å². The molecule has 1 aromatic heterocycles. The summed E-state index contributed by atoms with van der Waals surface area (Å²) < 4.78 is 67.7. The van der Waals surface area contributed by atoms with E-state index in [4.69, 9.17) is 4.42 Å². The van der Waals surface area contributed by atoms with Crippen molar-refractivity contribution in [2.24, 2.45) is 5.92 Å². The second kappa shape index (κ2) is 7.68. The van der Waals surface area contributed by atoms with Gasteiger partial charge in [0.25, 0.3) is 5.76 Å². The van der Waals surface area contributed by atoms with E-state index in [-0.39, 0.29) is 24.6 Å². The van der Waals surface area contributed by atoms with Crippen molar-refractivity contribution in [3.05, 3.63) is 23.7 Å². The van der Waals surface area contributed by atoms with Crippen LogP contribution in [0.15, 0.2) is 16.5 Å². The van der Waals surface area contributed by atoms with Gasteiger partial charge in [-0.1, -0.05) is 18.2 Å². The molecule has 0 radical (unpaired) electrons. The maximum absolute atomic E-state index is 12.7. The van der Waals surface area contributed by atoms with Crippen LogP contribution in [0.5, 0.6) is 0 Å². The van der Waals surface area contributed by atoms with E-state index in [1.807, 2.05) is 0 Å². The fraction of sp³-hybridized carbons (Fsp3) is 0.714. The molecule has 1 aliphatic rings. The van der Waals surface area contributed by atoms with Crippen molar-refractivity contribution in [1.29, 1.82) is 0 Å². The van der Waals surface area contributed by atoms with Crippen molar-refractivity contribution in [1.82, 2.24) is 5.32 Å². The van der Waals surface area contributed by atoms with Crippen LogP contribution >= 0.6 is 11.8 Å². The number of furan rings is 1. The van der Waals surface area contributed by atoms with Crippen LogP contribution in [0.2, 0.25) is 0 Å². The van der Waals surface area contributed by atoms with Crippen LogP contribution in [0.25, 0.3) is 0 Å². The lowest BCUT2D eigenvalue weighted by Gasteiger charge is -2.30. The predicted molar refractivity (Wildman–Crippen MR) is 74.6 cm³/mol. The molecule has 126 valence electrons. The normalized spacial score (nSPS) is 23.2. The molecule has 1 N–H and O–H groups in total. The lowest BCUT2D eigenvalue weighted by atomic mass is 9.85. The third-order valence-electron chi connectivity index (χ3n) is 3.77. The first kappa shape index (κ1) is 17.6. The van der Waals surface area contributed by atoms with E-state index in [2.05, 4.69) is 5.32 Å². The van der Waals surface area contributed by atoms with Crippen molar-refractivity contribution in [2.45, 2.75) is 56.0 Å². The van der Waals surface area contributed by atoms with Gasteiger partial charge in [0.2, 0.25) is 0 Å². The topological polar surface area (TPSA) is 25.2 Å². The van der Waals surface area contributed by atoms with Gasteiger partial charge in [-0.2, -0.15) is 22.0 Å². The number of rotatable bonds is 6. The average molecular weight is 343 g/mol. The Morgan fingerprint density at radius 2 is 1.95 bits per heavy atom. The first-order chi connectivity index (χ1) is 10.3. The molecule has 22 heavy (non-hydrogen) atoms. The van der Waals surface area contributed by atoms with Gasteiger partial charge in [-0.25, -0.2) is 0 Å². The number of nitrogens with one attached hydrogen (secondary N) is 1. The van der Waals surface area contributed by atoms with E-state index < -0.39 is 17.9 Å². The van der Waals surface area contributed by atoms with Gasteiger partial charge in [-0.05, 0) is 31.4 Å². The first-order valence-corrected chi connectivity index (χ1v) is 8.17. The Balaban J connectivity index is 1.78. The SMILES string of the molecule is FC(F)SCc1ccc(CNC2CCCC(C(F)(F)F)C2)o1. The zero-order valence-electron chi connectivity index (χ0n) is 11.8. The highest BCUT2D eigenvalue weighted by molar-refractivity contribution is 7.98. The van der Waals surface area contributed by atoms with Crippen LogP contribution in [0.3, 0.4) is 0 Å². The summed E-state index contributed by atoms with van der Waals surface area (Å²) in [5.41, 5.74) is 0. The van der Waals surface area contributed by atoms with Gasteiger partial charge < -0.3 is 9.73 Å². The summed E-state index contributed by atoms with van der Waals surface area (Å²) in [7, 11) is 0. The summed E-state index contributed by atoms with van der Waals surface area (Å²) in [5.74, 6) is -2.61. The van der Waals surface area contributed by atoms with Crippen molar-refractivity contribution in [3.63, 3.8) is 0 Å². The van der Waals surface area contributed by atoms with E-state index in [0.29, 0.717) is 42.7 Å². The molecule has 2 rings (SSSR count). The highest BCUT2D eigenvalue weighted by atomic mass is 32.2. The number of alkyl halides is 5. The fourth-order valence-electron chi connectivity index (χ4n) is 2.66. The summed E-state index contributed by atoms with van der Waals surface area (Å²) >= 11 is 0.474. The molecule has 1 aliphatic carbocycles. The molecule has 2 atom stereocenters. The highest BCUT2D eigenvalue weighted by Crippen LogP contribution is 2.37. The second-order valence-corrected chi connectivity index (χ2v) is 6.40. The van der Waals surface area contributed by atoms with Crippen LogP contribution < -0.4 is 5.32 Å². The van der Waals surface area contributed by atoms with Gasteiger partial charge in [0, 0.05) is 6.04 Å². The summed E-state index contributed by atoms with van der Waals surface area (Å²) in [6.45, 7) is 0.314. The van der Waals surface area contributed by atoms with Crippen molar-refractivity contribution < 1.29 is 26.4 Å². The van der Waals surface area contributed by atoms with Crippen molar-refractivity contribution >= 4 is 11.8 Å². The van der Waals surface area contributed by atoms with E-state index >= 15 is 0 Å². The summed E-state index contributed by atoms with van der Waals surface area (Å²) in [5, 5.41) is 3.07. The minimum atomic E-state index is -4.13. The van der Waals surface area contributed by atoms with Gasteiger partial charge >= 0.3 is 6.18 Å². The first-order valence-electron chi connectivity index (χ1n) is 7.12. The Labute approximate surface area is 129 Å². The summed E-state index contributed by atoms with van der Waals surface area (Å²) in [6.07, 6.45) is -2.60. The maximum Gasteiger partial charge on any atom is 0.391 e. The molecule has 2 unspecified atom stereocenters. The molecule has 0 bridgehead atoms. The zero-order valence-corrected chi connectivity index (χ0v) is 12.7. The van der Waals surface area contributed by atoms with E-state index in [1.165, 1.54) is 0 Å². The van der Waals surface area contributed by atoms with Gasteiger partial charge in [-0.3, -0.25) is 0 Å². The molecule has 0 aliphatic heterocycles. The summed E-state index contributed by atoms with van der Waals surface area (Å²) in [4.78, 5) is 0. The van der Waals surface area contributed by atoms with Crippen LogP contribution in [0, 0.1) is 5.92 Å². The molecule has 0 saturated heterocycles. The summed E-state index contributed by atoms with van der Waals surface area (Å²) in [6, 6.07) is 3.09. The highest BCUT2D eigenvalue weighted by Gasteiger charge is 2.41. The number of hydrogen-bond donors (Lipinski definition) is 1. The molecule has 1 fully saturated rings.